The first-order valence-corrected chi connectivity index (χ1v) is 11.9. The van der Waals surface area contributed by atoms with Crippen molar-refractivity contribution >= 4 is 24.0 Å². The molecule has 0 aliphatic heterocycles. The fraction of sp³-hybridized carbons (Fsp3) is 0.385. The average molecular weight is 497 g/mol. The zero-order chi connectivity index (χ0) is 26.2. The molecule has 10 heteroatoms. The summed E-state index contributed by atoms with van der Waals surface area (Å²) < 4.78 is 5.53. The molecule has 0 saturated carbocycles. The predicted molar refractivity (Wildman–Crippen MR) is 133 cm³/mol. The zero-order valence-electron chi connectivity index (χ0n) is 20.3. The number of carbonyl (C=O) groups excluding carboxylic acids is 3. The maximum Gasteiger partial charge on any atom is 0.407 e. The van der Waals surface area contributed by atoms with Gasteiger partial charge in [-0.25, -0.2) is 14.4 Å². The molecule has 192 valence electrons. The fourth-order valence-electron chi connectivity index (χ4n) is 4.34. The lowest BCUT2D eigenvalue weighted by molar-refractivity contribution is -0.142. The van der Waals surface area contributed by atoms with Crippen LogP contribution in [0.15, 0.2) is 48.5 Å². The molecule has 6 N–H and O–H groups in total. The third-order valence-corrected chi connectivity index (χ3v) is 6.15. The van der Waals surface area contributed by atoms with E-state index in [9.17, 15) is 24.3 Å². The molecule has 0 spiro atoms. The van der Waals surface area contributed by atoms with Crippen LogP contribution in [0.2, 0.25) is 0 Å². The van der Waals surface area contributed by atoms with Crippen molar-refractivity contribution in [3.05, 3.63) is 59.7 Å². The lowest BCUT2D eigenvalue weighted by atomic mass is 9.98. The molecule has 0 saturated heterocycles. The number of nitrogens with two attached hydrogens (primary N) is 1. The quantitative estimate of drug-likeness (QED) is 0.301. The number of amides is 4. The molecule has 0 bridgehead atoms. The number of aliphatic carboxylic acids is 1. The van der Waals surface area contributed by atoms with Gasteiger partial charge in [0.05, 0.1) is 0 Å². The third-order valence-electron chi connectivity index (χ3n) is 6.15. The van der Waals surface area contributed by atoms with Gasteiger partial charge in [-0.05, 0) is 41.0 Å². The van der Waals surface area contributed by atoms with Crippen LogP contribution in [-0.4, -0.2) is 54.3 Å². The van der Waals surface area contributed by atoms with E-state index in [0.717, 1.165) is 22.3 Å². The second kappa shape index (κ2) is 12.1. The molecule has 1 aliphatic carbocycles. The van der Waals surface area contributed by atoms with E-state index in [1.165, 1.54) is 0 Å². The summed E-state index contributed by atoms with van der Waals surface area (Å²) in [5, 5.41) is 16.9. The number of alkyl carbamates (subject to hydrolysis) is 1. The minimum absolute atomic E-state index is 0.0805. The molecule has 2 atom stereocenters. The first-order valence-electron chi connectivity index (χ1n) is 11.9. The Bertz CT molecular complexity index is 1070. The molecular weight excluding hydrogens is 464 g/mol. The van der Waals surface area contributed by atoms with Crippen molar-refractivity contribution in [2.45, 2.75) is 44.7 Å². The van der Waals surface area contributed by atoms with Crippen LogP contribution in [0.4, 0.5) is 9.59 Å². The number of fused-ring (bicyclic) bond motifs is 3. The first kappa shape index (κ1) is 26.5. The van der Waals surface area contributed by atoms with Crippen molar-refractivity contribution in [1.82, 2.24) is 16.0 Å². The largest absolute Gasteiger partial charge is 0.480 e. The number of benzene rings is 2. The zero-order valence-corrected chi connectivity index (χ0v) is 20.3. The van der Waals surface area contributed by atoms with Gasteiger partial charge in [0.25, 0.3) is 0 Å². The summed E-state index contributed by atoms with van der Waals surface area (Å²) in [6, 6.07) is 13.0. The molecule has 2 aromatic carbocycles. The third kappa shape index (κ3) is 6.53. The molecule has 2 aromatic rings. The Labute approximate surface area is 209 Å². The van der Waals surface area contributed by atoms with E-state index >= 15 is 0 Å². The van der Waals surface area contributed by atoms with Gasteiger partial charge >= 0.3 is 18.1 Å². The smallest absolute Gasteiger partial charge is 0.407 e. The van der Waals surface area contributed by atoms with Crippen LogP contribution in [0, 0.1) is 5.92 Å². The fourth-order valence-corrected chi connectivity index (χ4v) is 4.34. The van der Waals surface area contributed by atoms with Crippen molar-refractivity contribution < 1.29 is 29.0 Å². The molecule has 3 rings (SSSR count). The molecule has 0 heterocycles. The summed E-state index contributed by atoms with van der Waals surface area (Å²) in [5.41, 5.74) is 9.34. The van der Waals surface area contributed by atoms with E-state index in [4.69, 9.17) is 10.5 Å². The van der Waals surface area contributed by atoms with E-state index < -0.39 is 36.1 Å². The summed E-state index contributed by atoms with van der Waals surface area (Å²) in [6.07, 6.45) is -0.382. The molecular formula is C26H32N4O6. The molecule has 0 fully saturated rings. The maximum absolute atomic E-state index is 12.8. The lowest BCUT2D eigenvalue weighted by Gasteiger charge is -2.24. The van der Waals surface area contributed by atoms with Crippen LogP contribution in [0.25, 0.3) is 11.1 Å². The number of hydrogen-bond donors (Lipinski definition) is 5. The van der Waals surface area contributed by atoms with E-state index in [2.05, 4.69) is 16.0 Å². The molecule has 0 unspecified atom stereocenters. The van der Waals surface area contributed by atoms with Gasteiger partial charge in [-0.3, -0.25) is 4.79 Å². The van der Waals surface area contributed by atoms with E-state index in [0.29, 0.717) is 6.42 Å². The number of urea groups is 1. The Kier molecular flexibility index (Phi) is 8.88. The van der Waals surface area contributed by atoms with Crippen LogP contribution >= 0.6 is 0 Å². The van der Waals surface area contributed by atoms with Crippen LogP contribution in [0.5, 0.6) is 0 Å². The Balaban J connectivity index is 1.59. The molecule has 0 radical (unpaired) electrons. The molecule has 10 nitrogen and oxygen atoms in total. The van der Waals surface area contributed by atoms with Crippen molar-refractivity contribution in [1.29, 1.82) is 0 Å². The van der Waals surface area contributed by atoms with Gasteiger partial charge in [0.15, 0.2) is 0 Å². The standard InChI is InChI=1S/C26H32N4O6/c1-15(2)22(23(31)29-21(24(32)33)12-7-13-28-25(27)34)30-26(35)36-14-20-18-10-5-3-8-16(18)17-9-4-6-11-19(17)20/h3-6,8-11,15,20-22H,7,12-14H2,1-2H3,(H,29,31)(H,30,35)(H,32,33)(H3,27,28,34)/t21-,22+/m0/s1. The van der Waals surface area contributed by atoms with E-state index in [1.54, 1.807) is 13.8 Å². The number of carboxylic acids is 1. The van der Waals surface area contributed by atoms with Crippen molar-refractivity contribution in [2.24, 2.45) is 11.7 Å². The highest BCUT2D eigenvalue weighted by Crippen LogP contribution is 2.44. The topological polar surface area (TPSA) is 160 Å². The number of carboxylic acid groups (broad SMARTS) is 1. The molecule has 1 aliphatic rings. The van der Waals surface area contributed by atoms with Gasteiger partial charge in [-0.15, -0.1) is 0 Å². The van der Waals surface area contributed by atoms with Crippen molar-refractivity contribution in [3.63, 3.8) is 0 Å². The number of rotatable bonds is 11. The molecule has 36 heavy (non-hydrogen) atoms. The highest BCUT2D eigenvalue weighted by molar-refractivity contribution is 5.89. The Morgan fingerprint density at radius 1 is 0.972 bits per heavy atom. The summed E-state index contributed by atoms with van der Waals surface area (Å²) >= 11 is 0. The minimum atomic E-state index is -1.22. The maximum atomic E-state index is 12.8. The number of carbonyl (C=O) groups is 4. The summed E-state index contributed by atoms with van der Waals surface area (Å²) in [7, 11) is 0. The predicted octanol–water partition coefficient (Wildman–Crippen LogP) is 2.57. The van der Waals surface area contributed by atoms with Gasteiger partial charge in [-0.2, -0.15) is 0 Å². The second-order valence-corrected chi connectivity index (χ2v) is 9.02. The second-order valence-electron chi connectivity index (χ2n) is 9.02. The first-order chi connectivity index (χ1) is 17.2. The number of ether oxygens (including phenoxy) is 1. The van der Waals surface area contributed by atoms with E-state index in [1.807, 2.05) is 48.5 Å². The van der Waals surface area contributed by atoms with Gasteiger partial charge in [0.1, 0.15) is 18.7 Å². The summed E-state index contributed by atoms with van der Waals surface area (Å²) in [6.45, 7) is 3.75. The normalized spacial score (nSPS) is 13.8. The molecule has 0 aromatic heterocycles. The van der Waals surface area contributed by atoms with Crippen LogP contribution < -0.4 is 21.7 Å². The van der Waals surface area contributed by atoms with Crippen molar-refractivity contribution in [3.8, 4) is 11.1 Å². The van der Waals surface area contributed by atoms with Gasteiger partial charge in [0, 0.05) is 12.5 Å². The minimum Gasteiger partial charge on any atom is -0.480 e. The van der Waals surface area contributed by atoms with Gasteiger partial charge < -0.3 is 31.5 Å². The Morgan fingerprint density at radius 2 is 1.56 bits per heavy atom. The van der Waals surface area contributed by atoms with Gasteiger partial charge in [-0.1, -0.05) is 62.4 Å². The van der Waals surface area contributed by atoms with Gasteiger partial charge in [0.2, 0.25) is 5.91 Å². The lowest BCUT2D eigenvalue weighted by Crippen LogP contribution is -2.54. The highest BCUT2D eigenvalue weighted by atomic mass is 16.5. The highest BCUT2D eigenvalue weighted by Gasteiger charge is 2.31. The Morgan fingerprint density at radius 3 is 2.08 bits per heavy atom. The van der Waals surface area contributed by atoms with Crippen LogP contribution in [-0.2, 0) is 14.3 Å². The Hall–Kier alpha value is -4.08. The summed E-state index contributed by atoms with van der Waals surface area (Å²) in [5.74, 6) is -2.30. The SMILES string of the molecule is CC(C)[C@@H](NC(=O)OCC1c2ccccc2-c2ccccc21)C(=O)N[C@@H](CCCNC(N)=O)C(=O)O. The average Bonchev–Trinajstić information content (AvgIpc) is 3.16. The van der Waals surface area contributed by atoms with Crippen LogP contribution in [0.3, 0.4) is 0 Å². The summed E-state index contributed by atoms with van der Waals surface area (Å²) in [4.78, 5) is 47.8. The van der Waals surface area contributed by atoms with E-state index in [-0.39, 0.29) is 31.4 Å². The van der Waals surface area contributed by atoms with Crippen LogP contribution in [0.1, 0.15) is 43.7 Å². The monoisotopic (exact) mass is 496 g/mol. The molecule has 4 amide bonds. The number of hydrogen-bond acceptors (Lipinski definition) is 5. The number of primary amides is 1. The number of nitrogens with one attached hydrogen (secondary N) is 3. The van der Waals surface area contributed by atoms with Crippen molar-refractivity contribution in [2.75, 3.05) is 13.2 Å².